The van der Waals surface area contributed by atoms with Gasteiger partial charge in [0.25, 0.3) is 0 Å². The number of rotatable bonds is 8. The number of benzene rings is 2. The average Bonchev–Trinajstić information content (AvgIpc) is 2.86. The SMILES string of the molecule is CCc1cc(Nc2ncc(Cl)c(Nc3ccccc3P(C)(C)=O)n2)cc(OC)c1N1CCC(=O)CC1. The van der Waals surface area contributed by atoms with Crippen LogP contribution in [0.2, 0.25) is 5.02 Å². The van der Waals surface area contributed by atoms with Crippen LogP contribution >= 0.6 is 18.7 Å². The fraction of sp³-hybridized carbons (Fsp3) is 0.346. The highest BCUT2D eigenvalue weighted by atomic mass is 35.5. The van der Waals surface area contributed by atoms with Gasteiger partial charge in [-0.3, -0.25) is 4.79 Å². The van der Waals surface area contributed by atoms with Gasteiger partial charge in [-0.1, -0.05) is 30.7 Å². The molecule has 0 saturated carbocycles. The molecule has 1 aliphatic rings. The third-order valence-electron chi connectivity index (χ3n) is 6.13. The number of aromatic nitrogens is 2. The average molecular weight is 528 g/mol. The van der Waals surface area contributed by atoms with Crippen LogP contribution in [0.3, 0.4) is 0 Å². The molecule has 0 aliphatic carbocycles. The lowest BCUT2D eigenvalue weighted by atomic mass is 10.0. The number of hydrogen-bond acceptors (Lipinski definition) is 8. The van der Waals surface area contributed by atoms with E-state index in [1.165, 1.54) is 6.20 Å². The lowest BCUT2D eigenvalue weighted by Gasteiger charge is -2.31. The van der Waals surface area contributed by atoms with Crippen LogP contribution in [0, 0.1) is 0 Å². The quantitative estimate of drug-likeness (QED) is 0.365. The van der Waals surface area contributed by atoms with Crippen molar-refractivity contribution in [2.45, 2.75) is 26.2 Å². The van der Waals surface area contributed by atoms with Crippen molar-refractivity contribution in [1.82, 2.24) is 9.97 Å². The maximum atomic E-state index is 12.7. The van der Waals surface area contributed by atoms with Gasteiger partial charge in [-0.15, -0.1) is 0 Å². The van der Waals surface area contributed by atoms with Crippen LogP contribution in [0.15, 0.2) is 42.6 Å². The van der Waals surface area contributed by atoms with Gasteiger partial charge in [0, 0.05) is 43.0 Å². The van der Waals surface area contributed by atoms with Crippen LogP contribution in [0.4, 0.5) is 28.8 Å². The summed E-state index contributed by atoms with van der Waals surface area (Å²) in [6.45, 7) is 6.93. The number of para-hydroxylation sites is 1. The van der Waals surface area contributed by atoms with Crippen LogP contribution in [0.25, 0.3) is 0 Å². The number of aryl methyl sites for hydroxylation is 1. The van der Waals surface area contributed by atoms with Crippen molar-refractivity contribution in [1.29, 1.82) is 0 Å². The molecule has 3 aromatic rings. The number of anilines is 5. The molecule has 1 saturated heterocycles. The van der Waals surface area contributed by atoms with Crippen molar-refractivity contribution >= 4 is 58.7 Å². The molecule has 1 aromatic heterocycles. The second-order valence-electron chi connectivity index (χ2n) is 9.07. The number of ether oxygens (including phenoxy) is 1. The smallest absolute Gasteiger partial charge is 0.229 e. The van der Waals surface area contributed by atoms with E-state index < -0.39 is 7.14 Å². The molecule has 8 nitrogen and oxygen atoms in total. The Kier molecular flexibility index (Phi) is 7.86. The van der Waals surface area contributed by atoms with Gasteiger partial charge in [-0.2, -0.15) is 4.98 Å². The monoisotopic (exact) mass is 527 g/mol. The van der Waals surface area contributed by atoms with E-state index in [0.717, 1.165) is 34.4 Å². The topological polar surface area (TPSA) is 96.4 Å². The maximum absolute atomic E-state index is 12.7. The van der Waals surface area contributed by atoms with Gasteiger partial charge in [0.15, 0.2) is 5.82 Å². The molecule has 0 bridgehead atoms. The van der Waals surface area contributed by atoms with Crippen molar-refractivity contribution in [3.05, 3.63) is 53.2 Å². The van der Waals surface area contributed by atoms with E-state index >= 15 is 0 Å². The second-order valence-corrected chi connectivity index (χ2v) is 12.7. The lowest BCUT2D eigenvalue weighted by molar-refractivity contribution is -0.119. The van der Waals surface area contributed by atoms with E-state index in [1.807, 2.05) is 30.3 Å². The highest BCUT2D eigenvalue weighted by Crippen LogP contribution is 2.40. The van der Waals surface area contributed by atoms with Gasteiger partial charge in [0.1, 0.15) is 23.7 Å². The number of carbonyl (C=O) groups is 1. The number of halogens is 1. The summed E-state index contributed by atoms with van der Waals surface area (Å²) >= 11 is 6.39. The van der Waals surface area contributed by atoms with Crippen molar-refractivity contribution in [2.75, 3.05) is 49.1 Å². The van der Waals surface area contributed by atoms with E-state index in [9.17, 15) is 9.36 Å². The molecule has 1 aliphatic heterocycles. The summed E-state index contributed by atoms with van der Waals surface area (Å²) in [5.74, 6) is 1.80. The fourth-order valence-electron chi connectivity index (χ4n) is 4.32. The Morgan fingerprint density at radius 1 is 1.14 bits per heavy atom. The Hall–Kier alpha value is -3.09. The highest BCUT2D eigenvalue weighted by molar-refractivity contribution is 7.70. The molecule has 0 atom stereocenters. The van der Waals surface area contributed by atoms with Gasteiger partial charge in [-0.05, 0) is 43.5 Å². The molecule has 0 spiro atoms. The Labute approximate surface area is 216 Å². The van der Waals surface area contributed by atoms with Gasteiger partial charge >= 0.3 is 0 Å². The van der Waals surface area contributed by atoms with Crippen LogP contribution in [-0.2, 0) is 15.8 Å². The van der Waals surface area contributed by atoms with Crippen molar-refractivity contribution < 1.29 is 14.1 Å². The molecule has 0 radical (unpaired) electrons. The molecule has 36 heavy (non-hydrogen) atoms. The molecule has 1 fully saturated rings. The molecule has 2 aromatic carbocycles. The van der Waals surface area contributed by atoms with Crippen molar-refractivity contribution in [2.24, 2.45) is 0 Å². The van der Waals surface area contributed by atoms with Crippen molar-refractivity contribution in [3.8, 4) is 5.75 Å². The molecular weight excluding hydrogens is 497 g/mol. The minimum absolute atomic E-state index is 0.300. The lowest BCUT2D eigenvalue weighted by Crippen LogP contribution is -2.34. The number of ketones is 1. The van der Waals surface area contributed by atoms with E-state index in [-0.39, 0.29) is 0 Å². The predicted octanol–water partition coefficient (Wildman–Crippen LogP) is 5.61. The van der Waals surface area contributed by atoms with Gasteiger partial charge in [0.05, 0.1) is 24.7 Å². The predicted molar refractivity (Wildman–Crippen MR) is 148 cm³/mol. The van der Waals surface area contributed by atoms with Gasteiger partial charge in [0.2, 0.25) is 5.95 Å². The molecule has 2 heterocycles. The minimum Gasteiger partial charge on any atom is -0.494 e. The molecule has 0 unspecified atom stereocenters. The summed E-state index contributed by atoms with van der Waals surface area (Å²) in [5.41, 5.74) is 3.60. The summed E-state index contributed by atoms with van der Waals surface area (Å²) in [7, 11) is -0.866. The zero-order valence-electron chi connectivity index (χ0n) is 21.0. The summed E-state index contributed by atoms with van der Waals surface area (Å²) in [5, 5.41) is 7.55. The molecule has 2 N–H and O–H groups in total. The molecule has 0 amide bonds. The Bertz CT molecular complexity index is 1290. The second kappa shape index (κ2) is 10.9. The Morgan fingerprint density at radius 2 is 1.86 bits per heavy atom. The maximum Gasteiger partial charge on any atom is 0.229 e. The summed E-state index contributed by atoms with van der Waals surface area (Å²) in [6.07, 6.45) is 3.42. The number of nitrogens with one attached hydrogen (secondary N) is 2. The summed E-state index contributed by atoms with van der Waals surface area (Å²) < 4.78 is 18.5. The first-order valence-corrected chi connectivity index (χ1v) is 14.9. The van der Waals surface area contributed by atoms with E-state index in [2.05, 4.69) is 38.5 Å². The Morgan fingerprint density at radius 3 is 2.53 bits per heavy atom. The molecule has 4 rings (SSSR count). The molecule has 10 heteroatoms. The van der Waals surface area contributed by atoms with Crippen LogP contribution in [0.1, 0.15) is 25.3 Å². The number of hydrogen-bond donors (Lipinski definition) is 2. The number of Topliss-reactive ketones (excluding diaryl/α,β-unsaturated/α-hetero) is 1. The first kappa shape index (κ1) is 26.0. The van der Waals surface area contributed by atoms with Gasteiger partial charge < -0.3 is 24.8 Å². The van der Waals surface area contributed by atoms with E-state index in [1.54, 1.807) is 20.4 Å². The standard InChI is InChI=1S/C26H31ClN5O3P/c1-5-17-14-18(15-22(35-2)24(17)32-12-10-19(33)11-13-32)29-26-28-16-20(27)25(31-26)30-21-8-6-7-9-23(21)36(3,4)34/h6-9,14-16H,5,10-13H2,1-4H3,(H2,28,29,30,31). The third kappa shape index (κ3) is 5.82. The number of carbonyl (C=O) groups excluding carboxylic acids is 1. The molecule has 190 valence electrons. The van der Waals surface area contributed by atoms with Crippen LogP contribution < -0.4 is 25.6 Å². The molecular formula is C26H31ClN5O3P. The van der Waals surface area contributed by atoms with E-state index in [4.69, 9.17) is 16.3 Å². The first-order valence-electron chi connectivity index (χ1n) is 11.9. The third-order valence-corrected chi connectivity index (χ3v) is 7.96. The first-order chi connectivity index (χ1) is 17.2. The normalized spacial score (nSPS) is 14.0. The summed E-state index contributed by atoms with van der Waals surface area (Å²) in [6, 6.07) is 11.4. The zero-order chi connectivity index (χ0) is 25.9. The van der Waals surface area contributed by atoms with Crippen molar-refractivity contribution in [3.63, 3.8) is 0 Å². The highest BCUT2D eigenvalue weighted by Gasteiger charge is 2.23. The largest absolute Gasteiger partial charge is 0.494 e. The zero-order valence-corrected chi connectivity index (χ0v) is 22.6. The van der Waals surface area contributed by atoms with Crippen LogP contribution in [-0.4, -0.2) is 49.3 Å². The van der Waals surface area contributed by atoms with Gasteiger partial charge in [-0.25, -0.2) is 4.98 Å². The fourth-order valence-corrected chi connectivity index (χ4v) is 5.62. The number of piperidine rings is 1. The van der Waals surface area contributed by atoms with Crippen LogP contribution in [0.5, 0.6) is 5.75 Å². The van der Waals surface area contributed by atoms with E-state index in [0.29, 0.717) is 54.2 Å². The minimum atomic E-state index is -2.51. The number of methoxy groups -OCH3 is 1. The number of nitrogens with zero attached hydrogens (tertiary/aromatic N) is 3. The summed E-state index contributed by atoms with van der Waals surface area (Å²) in [4.78, 5) is 22.9. The Balaban J connectivity index is 1.63.